The van der Waals surface area contributed by atoms with E-state index in [-0.39, 0.29) is 29.2 Å². The van der Waals surface area contributed by atoms with Crippen molar-refractivity contribution in [2.24, 2.45) is 29.1 Å². The molecular formula is C15H22O4. The largest absolute Gasteiger partial charge is 0.469 e. The lowest BCUT2D eigenvalue weighted by atomic mass is 9.71. The molecule has 4 atom stereocenters. The molecule has 4 nitrogen and oxygen atoms in total. The average molecular weight is 266 g/mol. The van der Waals surface area contributed by atoms with E-state index in [0.717, 1.165) is 12.8 Å². The third kappa shape index (κ3) is 1.72. The van der Waals surface area contributed by atoms with Gasteiger partial charge in [-0.3, -0.25) is 9.59 Å². The highest BCUT2D eigenvalue weighted by Crippen LogP contribution is 2.63. The summed E-state index contributed by atoms with van der Waals surface area (Å²) in [5.74, 6) is -1.20. The fourth-order valence-electron chi connectivity index (χ4n) is 4.30. The number of hydrogen-bond donors (Lipinski definition) is 0. The Bertz CT molecular complexity index is 374. The summed E-state index contributed by atoms with van der Waals surface area (Å²) >= 11 is 0. The van der Waals surface area contributed by atoms with Crippen molar-refractivity contribution >= 4 is 11.9 Å². The van der Waals surface area contributed by atoms with Crippen LogP contribution in [-0.2, 0) is 19.1 Å². The first-order valence-corrected chi connectivity index (χ1v) is 6.91. The van der Waals surface area contributed by atoms with Crippen LogP contribution in [0.25, 0.3) is 0 Å². The van der Waals surface area contributed by atoms with Crippen LogP contribution in [0.4, 0.5) is 0 Å². The molecule has 4 unspecified atom stereocenters. The fourth-order valence-corrected chi connectivity index (χ4v) is 4.30. The van der Waals surface area contributed by atoms with Crippen LogP contribution in [0.3, 0.4) is 0 Å². The Morgan fingerprint density at radius 2 is 1.32 bits per heavy atom. The van der Waals surface area contributed by atoms with Gasteiger partial charge in [0.2, 0.25) is 0 Å². The molecule has 0 aromatic carbocycles. The second-order valence-corrected chi connectivity index (χ2v) is 5.47. The smallest absolute Gasteiger partial charge is 0.310 e. The van der Waals surface area contributed by atoms with Crippen LogP contribution < -0.4 is 0 Å². The van der Waals surface area contributed by atoms with Crippen LogP contribution in [0.2, 0.25) is 0 Å². The lowest BCUT2D eigenvalue weighted by Gasteiger charge is -2.33. The molecule has 19 heavy (non-hydrogen) atoms. The van der Waals surface area contributed by atoms with Gasteiger partial charge >= 0.3 is 11.9 Å². The van der Waals surface area contributed by atoms with Crippen molar-refractivity contribution in [2.45, 2.75) is 26.7 Å². The summed E-state index contributed by atoms with van der Waals surface area (Å²) in [6, 6.07) is 0. The molecule has 2 aliphatic carbocycles. The maximum absolute atomic E-state index is 12.1. The molecule has 0 amide bonds. The summed E-state index contributed by atoms with van der Waals surface area (Å²) in [6.07, 6.45) is 6.09. The van der Waals surface area contributed by atoms with Crippen molar-refractivity contribution in [3.63, 3.8) is 0 Å². The van der Waals surface area contributed by atoms with Gasteiger partial charge in [-0.25, -0.2) is 0 Å². The topological polar surface area (TPSA) is 52.6 Å². The van der Waals surface area contributed by atoms with E-state index in [0.29, 0.717) is 0 Å². The molecule has 1 fully saturated rings. The van der Waals surface area contributed by atoms with Gasteiger partial charge in [0.05, 0.1) is 26.1 Å². The minimum absolute atomic E-state index is 0.00227. The highest BCUT2D eigenvalue weighted by Gasteiger charge is 2.64. The average Bonchev–Trinajstić information content (AvgIpc) is 2.95. The summed E-state index contributed by atoms with van der Waals surface area (Å²) < 4.78 is 9.83. The normalized spacial score (nSPS) is 34.3. The molecule has 0 saturated heterocycles. The molecule has 4 heteroatoms. The van der Waals surface area contributed by atoms with E-state index in [4.69, 9.17) is 9.47 Å². The van der Waals surface area contributed by atoms with Gasteiger partial charge < -0.3 is 9.47 Å². The Labute approximate surface area is 114 Å². The van der Waals surface area contributed by atoms with Gasteiger partial charge in [0.15, 0.2) is 0 Å². The Morgan fingerprint density at radius 1 is 0.947 bits per heavy atom. The predicted molar refractivity (Wildman–Crippen MR) is 70.1 cm³/mol. The van der Waals surface area contributed by atoms with Gasteiger partial charge in [0.1, 0.15) is 0 Å². The minimum atomic E-state index is -0.396. The molecule has 0 heterocycles. The number of ether oxygens (including phenoxy) is 2. The van der Waals surface area contributed by atoms with Gasteiger partial charge in [-0.15, -0.1) is 0 Å². The lowest BCUT2D eigenvalue weighted by Crippen LogP contribution is -2.34. The first-order chi connectivity index (χ1) is 9.07. The standard InChI is InChI=1S/C15H22O4/c1-5-15(6-2)9-7-8-10(15)12(14(17)19-4)11(9)13(16)18-3/h7-12H,5-6H2,1-4H3. The molecule has 0 N–H and O–H groups in total. The van der Waals surface area contributed by atoms with Gasteiger partial charge in [-0.05, 0) is 30.1 Å². The van der Waals surface area contributed by atoms with E-state index < -0.39 is 11.8 Å². The van der Waals surface area contributed by atoms with Gasteiger partial charge in [0, 0.05) is 0 Å². The SMILES string of the molecule is CCC1(CC)C2C=CC1C(C(=O)OC)C2C(=O)OC. The van der Waals surface area contributed by atoms with E-state index in [1.165, 1.54) is 14.2 Å². The maximum atomic E-state index is 12.1. The van der Waals surface area contributed by atoms with Crippen molar-refractivity contribution in [1.82, 2.24) is 0 Å². The number of allylic oxidation sites excluding steroid dienone is 2. The van der Waals surface area contributed by atoms with E-state index in [9.17, 15) is 9.59 Å². The number of esters is 2. The summed E-state index contributed by atoms with van der Waals surface area (Å²) in [6.45, 7) is 4.26. The van der Waals surface area contributed by atoms with Crippen LogP contribution in [0, 0.1) is 29.1 Å². The monoisotopic (exact) mass is 266 g/mol. The Kier molecular flexibility index (Phi) is 3.70. The molecule has 0 aliphatic heterocycles. The highest BCUT2D eigenvalue weighted by atomic mass is 16.5. The molecule has 0 aromatic heterocycles. The number of carbonyl (C=O) groups excluding carboxylic acids is 2. The molecular weight excluding hydrogens is 244 g/mol. The molecule has 2 aliphatic rings. The number of rotatable bonds is 4. The molecule has 1 saturated carbocycles. The van der Waals surface area contributed by atoms with Crippen molar-refractivity contribution < 1.29 is 19.1 Å². The van der Waals surface area contributed by atoms with Crippen molar-refractivity contribution in [3.8, 4) is 0 Å². The third-order valence-electron chi connectivity index (χ3n) is 5.28. The van der Waals surface area contributed by atoms with Crippen LogP contribution >= 0.6 is 0 Å². The molecule has 0 spiro atoms. The van der Waals surface area contributed by atoms with Crippen molar-refractivity contribution in [1.29, 1.82) is 0 Å². The second-order valence-electron chi connectivity index (χ2n) is 5.47. The summed E-state index contributed by atoms with van der Waals surface area (Å²) in [4.78, 5) is 24.2. The first kappa shape index (κ1) is 14.1. The number of fused-ring (bicyclic) bond motifs is 2. The minimum Gasteiger partial charge on any atom is -0.469 e. The maximum Gasteiger partial charge on any atom is 0.310 e. The second kappa shape index (κ2) is 4.99. The molecule has 106 valence electrons. The molecule has 0 radical (unpaired) electrons. The number of carbonyl (C=O) groups is 2. The zero-order chi connectivity index (χ0) is 14.2. The number of methoxy groups -OCH3 is 2. The van der Waals surface area contributed by atoms with E-state index >= 15 is 0 Å². The Morgan fingerprint density at radius 3 is 1.58 bits per heavy atom. The summed E-state index contributed by atoms with van der Waals surface area (Å²) in [5.41, 5.74) is -0.00227. The molecule has 2 bridgehead atoms. The van der Waals surface area contributed by atoms with E-state index in [1.54, 1.807) is 0 Å². The molecule has 0 aromatic rings. The highest BCUT2D eigenvalue weighted by molar-refractivity contribution is 5.85. The summed E-state index contributed by atoms with van der Waals surface area (Å²) in [5, 5.41) is 0. The third-order valence-corrected chi connectivity index (χ3v) is 5.28. The predicted octanol–water partition coefficient (Wildman–Crippen LogP) is 2.19. The van der Waals surface area contributed by atoms with Gasteiger partial charge in [-0.1, -0.05) is 26.0 Å². The zero-order valence-corrected chi connectivity index (χ0v) is 12.0. The van der Waals surface area contributed by atoms with Gasteiger partial charge in [0.25, 0.3) is 0 Å². The Balaban J connectivity index is 2.45. The first-order valence-electron chi connectivity index (χ1n) is 6.91. The van der Waals surface area contributed by atoms with Gasteiger partial charge in [-0.2, -0.15) is 0 Å². The van der Waals surface area contributed by atoms with E-state index in [1.807, 2.05) is 0 Å². The zero-order valence-electron chi connectivity index (χ0n) is 12.0. The fraction of sp³-hybridized carbons (Fsp3) is 0.733. The Hall–Kier alpha value is -1.32. The van der Waals surface area contributed by atoms with Crippen molar-refractivity contribution in [3.05, 3.63) is 12.2 Å². The van der Waals surface area contributed by atoms with Crippen LogP contribution in [0.5, 0.6) is 0 Å². The van der Waals surface area contributed by atoms with Crippen LogP contribution in [-0.4, -0.2) is 26.2 Å². The van der Waals surface area contributed by atoms with Crippen LogP contribution in [0.15, 0.2) is 12.2 Å². The van der Waals surface area contributed by atoms with Crippen molar-refractivity contribution in [2.75, 3.05) is 14.2 Å². The number of hydrogen-bond acceptors (Lipinski definition) is 4. The van der Waals surface area contributed by atoms with Crippen LogP contribution in [0.1, 0.15) is 26.7 Å². The summed E-state index contributed by atoms with van der Waals surface area (Å²) in [7, 11) is 2.76. The van der Waals surface area contributed by atoms with E-state index in [2.05, 4.69) is 26.0 Å². The lowest BCUT2D eigenvalue weighted by molar-refractivity contribution is -0.158. The quantitative estimate of drug-likeness (QED) is 0.578. The molecule has 2 rings (SSSR count).